The van der Waals surface area contributed by atoms with Gasteiger partial charge in [-0.25, -0.2) is 5.01 Å². The number of benzene rings is 2. The number of aliphatic imine (C=N–C) groups is 1. The first-order valence-corrected chi connectivity index (χ1v) is 6.38. The SMILES string of the molecule is O=NN1CC=NC(c2ccccc2)=C1c1ccccc1. The highest BCUT2D eigenvalue weighted by Gasteiger charge is 2.21. The Kier molecular flexibility index (Phi) is 3.37. The van der Waals surface area contributed by atoms with Crippen LogP contribution in [0.3, 0.4) is 0 Å². The molecule has 2 aromatic carbocycles. The van der Waals surface area contributed by atoms with Crippen LogP contribution >= 0.6 is 0 Å². The minimum atomic E-state index is 0.393. The van der Waals surface area contributed by atoms with Crippen molar-refractivity contribution in [1.29, 1.82) is 0 Å². The maximum absolute atomic E-state index is 11.1. The Morgan fingerprint density at radius 3 is 2.10 bits per heavy atom. The number of hydrogen-bond donors (Lipinski definition) is 0. The maximum atomic E-state index is 11.1. The first-order chi connectivity index (χ1) is 9.90. The lowest BCUT2D eigenvalue weighted by Gasteiger charge is -2.23. The molecule has 0 N–H and O–H groups in total. The quantitative estimate of drug-likeness (QED) is 0.794. The molecular formula is C16H13N3O. The Labute approximate surface area is 117 Å². The molecule has 0 atom stereocenters. The summed E-state index contributed by atoms with van der Waals surface area (Å²) in [4.78, 5) is 15.6. The van der Waals surface area contributed by atoms with Crippen LogP contribution < -0.4 is 0 Å². The summed E-state index contributed by atoms with van der Waals surface area (Å²) in [6, 6.07) is 19.5. The molecule has 4 heteroatoms. The van der Waals surface area contributed by atoms with Gasteiger partial charge in [-0.3, -0.25) is 4.99 Å². The molecular weight excluding hydrogens is 250 g/mol. The van der Waals surface area contributed by atoms with Gasteiger partial charge in [0.25, 0.3) is 0 Å². The summed E-state index contributed by atoms with van der Waals surface area (Å²) in [5.74, 6) is 0. The minimum Gasteiger partial charge on any atom is -0.256 e. The Balaban J connectivity index is 2.21. The van der Waals surface area contributed by atoms with Crippen molar-refractivity contribution in [3.63, 3.8) is 0 Å². The summed E-state index contributed by atoms with van der Waals surface area (Å²) in [7, 11) is 0. The second-order valence-electron chi connectivity index (χ2n) is 4.40. The van der Waals surface area contributed by atoms with Crippen LogP contribution in [0.15, 0.2) is 70.9 Å². The monoisotopic (exact) mass is 263 g/mol. The largest absolute Gasteiger partial charge is 0.256 e. The molecule has 0 saturated carbocycles. The third kappa shape index (κ3) is 2.23. The second-order valence-corrected chi connectivity index (χ2v) is 4.40. The van der Waals surface area contributed by atoms with Crippen LogP contribution in [0.1, 0.15) is 11.1 Å². The lowest BCUT2D eigenvalue weighted by Crippen LogP contribution is -2.22. The van der Waals surface area contributed by atoms with E-state index in [4.69, 9.17) is 0 Å². The lowest BCUT2D eigenvalue weighted by atomic mass is 10.0. The van der Waals surface area contributed by atoms with Crippen LogP contribution in [0.2, 0.25) is 0 Å². The Bertz CT molecular complexity index is 663. The van der Waals surface area contributed by atoms with Gasteiger partial charge in [-0.15, -0.1) is 4.91 Å². The van der Waals surface area contributed by atoms with Crippen LogP contribution in [0.25, 0.3) is 11.4 Å². The molecule has 1 aliphatic rings. The van der Waals surface area contributed by atoms with Crippen LogP contribution in [0, 0.1) is 4.91 Å². The summed E-state index contributed by atoms with van der Waals surface area (Å²) in [6.45, 7) is 0.393. The molecule has 0 fully saturated rings. The van der Waals surface area contributed by atoms with Gasteiger partial charge in [0.1, 0.15) is 0 Å². The topological polar surface area (TPSA) is 45.0 Å². The Hall–Kier alpha value is -2.75. The standard InChI is InChI=1S/C16H13N3O/c20-18-19-12-11-17-15(13-7-3-1-4-8-13)16(19)14-9-5-2-6-10-14/h1-11H,12H2. The highest BCUT2D eigenvalue weighted by molar-refractivity contribution is 5.95. The van der Waals surface area contributed by atoms with Gasteiger partial charge in [-0.1, -0.05) is 60.7 Å². The molecule has 98 valence electrons. The molecule has 3 rings (SSSR count). The van der Waals surface area contributed by atoms with Gasteiger partial charge in [-0.2, -0.15) is 0 Å². The first kappa shape index (κ1) is 12.3. The highest BCUT2D eigenvalue weighted by atomic mass is 16.3. The van der Waals surface area contributed by atoms with Crippen LogP contribution in [0.5, 0.6) is 0 Å². The predicted molar refractivity (Wildman–Crippen MR) is 80.7 cm³/mol. The van der Waals surface area contributed by atoms with E-state index in [1.807, 2.05) is 60.7 Å². The molecule has 0 amide bonds. The fraction of sp³-hybridized carbons (Fsp3) is 0.0625. The normalized spacial score (nSPS) is 14.5. The van der Waals surface area contributed by atoms with E-state index in [1.54, 1.807) is 6.21 Å². The van der Waals surface area contributed by atoms with E-state index < -0.39 is 0 Å². The van der Waals surface area contributed by atoms with E-state index in [-0.39, 0.29) is 0 Å². The van der Waals surface area contributed by atoms with E-state index in [9.17, 15) is 4.91 Å². The summed E-state index contributed by atoms with van der Waals surface area (Å²) < 4.78 is 0. The van der Waals surface area contributed by atoms with E-state index in [0.29, 0.717) is 6.54 Å². The summed E-state index contributed by atoms with van der Waals surface area (Å²) in [6.07, 6.45) is 1.70. The molecule has 0 bridgehead atoms. The minimum absolute atomic E-state index is 0.393. The summed E-state index contributed by atoms with van der Waals surface area (Å²) in [5, 5.41) is 4.55. The number of hydrogen-bond acceptors (Lipinski definition) is 3. The Morgan fingerprint density at radius 1 is 0.900 bits per heavy atom. The average Bonchev–Trinajstić information content (AvgIpc) is 2.55. The fourth-order valence-corrected chi connectivity index (χ4v) is 2.25. The van der Waals surface area contributed by atoms with Gasteiger partial charge in [0.2, 0.25) is 0 Å². The number of nitrogens with zero attached hydrogens (tertiary/aromatic N) is 3. The molecule has 1 heterocycles. The molecule has 0 spiro atoms. The van der Waals surface area contributed by atoms with Crippen molar-refractivity contribution in [2.24, 2.45) is 10.3 Å². The van der Waals surface area contributed by atoms with E-state index in [2.05, 4.69) is 10.3 Å². The van der Waals surface area contributed by atoms with E-state index >= 15 is 0 Å². The lowest BCUT2D eigenvalue weighted by molar-refractivity contribution is 0.476. The molecule has 0 radical (unpaired) electrons. The highest BCUT2D eigenvalue weighted by Crippen LogP contribution is 2.32. The second kappa shape index (κ2) is 5.48. The number of rotatable bonds is 3. The van der Waals surface area contributed by atoms with Crippen molar-refractivity contribution < 1.29 is 0 Å². The first-order valence-electron chi connectivity index (χ1n) is 6.38. The fourth-order valence-electron chi connectivity index (χ4n) is 2.25. The molecule has 4 nitrogen and oxygen atoms in total. The van der Waals surface area contributed by atoms with E-state index in [0.717, 1.165) is 22.5 Å². The van der Waals surface area contributed by atoms with Crippen molar-refractivity contribution in [3.05, 3.63) is 76.7 Å². The zero-order chi connectivity index (χ0) is 13.8. The van der Waals surface area contributed by atoms with Gasteiger partial charge in [-0.05, 0) is 0 Å². The van der Waals surface area contributed by atoms with Crippen LogP contribution in [0.4, 0.5) is 0 Å². The molecule has 20 heavy (non-hydrogen) atoms. The summed E-state index contributed by atoms with van der Waals surface area (Å²) >= 11 is 0. The van der Waals surface area contributed by atoms with Gasteiger partial charge in [0.05, 0.1) is 23.2 Å². The average molecular weight is 263 g/mol. The van der Waals surface area contributed by atoms with Gasteiger partial charge >= 0.3 is 0 Å². The molecule has 0 aromatic heterocycles. The van der Waals surface area contributed by atoms with Gasteiger partial charge in [0, 0.05) is 17.3 Å². The van der Waals surface area contributed by atoms with Crippen LogP contribution in [-0.2, 0) is 0 Å². The molecule has 1 aliphatic heterocycles. The van der Waals surface area contributed by atoms with Crippen molar-refractivity contribution in [3.8, 4) is 0 Å². The van der Waals surface area contributed by atoms with Gasteiger partial charge in [0.15, 0.2) is 0 Å². The molecule has 0 saturated heterocycles. The predicted octanol–water partition coefficient (Wildman–Crippen LogP) is 3.58. The van der Waals surface area contributed by atoms with Crippen molar-refractivity contribution in [1.82, 2.24) is 5.01 Å². The summed E-state index contributed by atoms with van der Waals surface area (Å²) in [5.41, 5.74) is 3.41. The Morgan fingerprint density at radius 2 is 1.50 bits per heavy atom. The van der Waals surface area contributed by atoms with Crippen LogP contribution in [-0.4, -0.2) is 17.8 Å². The molecule has 0 aliphatic carbocycles. The van der Waals surface area contributed by atoms with Crippen molar-refractivity contribution in [2.45, 2.75) is 0 Å². The van der Waals surface area contributed by atoms with Crippen molar-refractivity contribution in [2.75, 3.05) is 6.54 Å². The third-order valence-electron chi connectivity index (χ3n) is 3.15. The molecule has 0 unspecified atom stereocenters. The van der Waals surface area contributed by atoms with Crippen molar-refractivity contribution >= 4 is 17.6 Å². The van der Waals surface area contributed by atoms with E-state index in [1.165, 1.54) is 5.01 Å². The third-order valence-corrected chi connectivity index (χ3v) is 3.15. The maximum Gasteiger partial charge on any atom is 0.0965 e. The smallest absolute Gasteiger partial charge is 0.0965 e. The molecule has 2 aromatic rings. The van der Waals surface area contributed by atoms with Gasteiger partial charge < -0.3 is 0 Å². The number of nitroso groups, excluding NO2 is 1. The zero-order valence-corrected chi connectivity index (χ0v) is 10.8. The zero-order valence-electron chi connectivity index (χ0n) is 10.8.